The van der Waals surface area contributed by atoms with E-state index in [1.807, 2.05) is 12.1 Å². The Balaban J connectivity index is 0.00000112. The second-order valence-corrected chi connectivity index (χ2v) is 3.96. The molecule has 0 fully saturated rings. The van der Waals surface area contributed by atoms with Gasteiger partial charge in [-0.3, -0.25) is 0 Å². The van der Waals surface area contributed by atoms with E-state index < -0.39 is 0 Å². The number of para-hydroxylation sites is 1. The molecule has 2 rings (SSSR count). The molecular formula is C10H11BrN2OS. The molecule has 0 spiro atoms. The molecule has 0 atom stereocenters. The van der Waals surface area contributed by atoms with Gasteiger partial charge < -0.3 is 22.2 Å². The fourth-order valence-corrected chi connectivity index (χ4v) is 2.62. The van der Waals surface area contributed by atoms with Gasteiger partial charge in [0.15, 0.2) is 0 Å². The van der Waals surface area contributed by atoms with E-state index in [0.29, 0.717) is 0 Å². The quantitative estimate of drug-likeness (QED) is 0.328. The predicted molar refractivity (Wildman–Crippen MR) is 57.1 cm³/mol. The van der Waals surface area contributed by atoms with Crippen molar-refractivity contribution < 1.29 is 26.8 Å². The third-order valence-electron chi connectivity index (χ3n) is 2.12. The summed E-state index contributed by atoms with van der Waals surface area (Å²) in [7, 11) is 0. The number of aryl methyl sites for hydroxylation is 1. The van der Waals surface area contributed by atoms with Gasteiger partial charge in [0.1, 0.15) is 17.5 Å². The van der Waals surface area contributed by atoms with Crippen LogP contribution in [0.1, 0.15) is 11.9 Å². The number of aromatic nitrogens is 1. The third-order valence-corrected chi connectivity index (χ3v) is 3.22. The molecule has 15 heavy (non-hydrogen) atoms. The Morgan fingerprint density at radius 3 is 2.87 bits per heavy atom. The SMILES string of the molecule is CC[n+]1c(C=NO)sc2ccccc21.[Br-]. The minimum atomic E-state index is 0. The maximum atomic E-state index is 8.53. The number of thiazole rings is 1. The molecule has 0 aliphatic heterocycles. The second kappa shape index (κ2) is 5.23. The summed E-state index contributed by atoms with van der Waals surface area (Å²) < 4.78 is 3.34. The Morgan fingerprint density at radius 2 is 2.20 bits per heavy atom. The van der Waals surface area contributed by atoms with E-state index in [1.54, 1.807) is 11.3 Å². The number of rotatable bonds is 2. The highest BCUT2D eigenvalue weighted by atomic mass is 79.9. The monoisotopic (exact) mass is 286 g/mol. The first-order valence-corrected chi connectivity index (χ1v) is 5.27. The zero-order valence-electron chi connectivity index (χ0n) is 8.22. The summed E-state index contributed by atoms with van der Waals surface area (Å²) in [6.45, 7) is 2.96. The van der Waals surface area contributed by atoms with Crippen LogP contribution in [0, 0.1) is 0 Å². The fourth-order valence-electron chi connectivity index (χ4n) is 1.52. The van der Waals surface area contributed by atoms with Crippen molar-refractivity contribution in [1.82, 2.24) is 0 Å². The van der Waals surface area contributed by atoms with Crippen LogP contribution >= 0.6 is 11.3 Å². The molecule has 3 nitrogen and oxygen atoms in total. The lowest BCUT2D eigenvalue weighted by atomic mass is 10.3. The van der Waals surface area contributed by atoms with Crippen LogP contribution in [0.3, 0.4) is 0 Å². The predicted octanol–water partition coefficient (Wildman–Crippen LogP) is -0.979. The molecule has 0 aliphatic rings. The smallest absolute Gasteiger partial charge is 0.284 e. The van der Waals surface area contributed by atoms with Crippen molar-refractivity contribution in [2.75, 3.05) is 0 Å². The van der Waals surface area contributed by atoms with Crippen molar-refractivity contribution in [3.05, 3.63) is 29.3 Å². The normalized spacial score (nSPS) is 10.7. The summed E-state index contributed by atoms with van der Waals surface area (Å²) in [5, 5.41) is 12.6. The molecule has 1 heterocycles. The molecule has 0 saturated heterocycles. The van der Waals surface area contributed by atoms with Crippen LogP contribution in [-0.2, 0) is 6.54 Å². The molecule has 2 aromatic rings. The molecule has 80 valence electrons. The molecule has 0 unspecified atom stereocenters. The largest absolute Gasteiger partial charge is 1.00 e. The summed E-state index contributed by atoms with van der Waals surface area (Å²) in [6, 6.07) is 8.17. The Labute approximate surface area is 102 Å². The molecule has 0 bridgehead atoms. The van der Waals surface area contributed by atoms with Crippen molar-refractivity contribution >= 4 is 27.8 Å². The van der Waals surface area contributed by atoms with Crippen molar-refractivity contribution in [3.63, 3.8) is 0 Å². The van der Waals surface area contributed by atoms with Gasteiger partial charge in [-0.05, 0) is 13.0 Å². The lowest BCUT2D eigenvalue weighted by molar-refractivity contribution is -0.664. The van der Waals surface area contributed by atoms with Crippen LogP contribution < -0.4 is 21.5 Å². The fraction of sp³-hybridized carbons (Fsp3) is 0.200. The minimum absolute atomic E-state index is 0. The number of benzene rings is 1. The second-order valence-electron chi connectivity index (χ2n) is 2.90. The highest BCUT2D eigenvalue weighted by Gasteiger charge is 2.16. The highest BCUT2D eigenvalue weighted by molar-refractivity contribution is 7.19. The molecule has 5 heteroatoms. The average Bonchev–Trinajstić information content (AvgIpc) is 2.55. The molecular weight excluding hydrogens is 276 g/mol. The zero-order valence-corrected chi connectivity index (χ0v) is 10.6. The molecule has 1 aromatic carbocycles. The minimum Gasteiger partial charge on any atom is -1.00 e. The summed E-state index contributed by atoms with van der Waals surface area (Å²) in [6.07, 6.45) is 1.48. The van der Waals surface area contributed by atoms with E-state index in [2.05, 4.69) is 28.8 Å². The van der Waals surface area contributed by atoms with Crippen molar-refractivity contribution in [2.24, 2.45) is 5.16 Å². The van der Waals surface area contributed by atoms with E-state index in [-0.39, 0.29) is 17.0 Å². The van der Waals surface area contributed by atoms with Crippen LogP contribution in [0.4, 0.5) is 0 Å². The number of halogens is 1. The number of hydrogen-bond donors (Lipinski definition) is 1. The lowest BCUT2D eigenvalue weighted by Gasteiger charge is -1.88. The lowest BCUT2D eigenvalue weighted by Crippen LogP contribution is -3.00. The summed E-state index contributed by atoms with van der Waals surface area (Å²) in [5.41, 5.74) is 1.19. The molecule has 1 N–H and O–H groups in total. The number of oxime groups is 1. The maximum absolute atomic E-state index is 8.53. The molecule has 0 aliphatic carbocycles. The van der Waals surface area contributed by atoms with Crippen molar-refractivity contribution in [2.45, 2.75) is 13.5 Å². The van der Waals surface area contributed by atoms with E-state index in [9.17, 15) is 0 Å². The number of hydrogen-bond acceptors (Lipinski definition) is 3. The first-order chi connectivity index (χ1) is 6.86. The van der Waals surface area contributed by atoms with Crippen LogP contribution in [0.25, 0.3) is 10.2 Å². The molecule has 0 saturated carbocycles. The summed E-state index contributed by atoms with van der Waals surface area (Å²) in [4.78, 5) is 0. The first kappa shape index (κ1) is 12.1. The van der Waals surface area contributed by atoms with Crippen molar-refractivity contribution in [3.8, 4) is 0 Å². The van der Waals surface area contributed by atoms with E-state index in [4.69, 9.17) is 5.21 Å². The van der Waals surface area contributed by atoms with Gasteiger partial charge in [0.2, 0.25) is 5.52 Å². The topological polar surface area (TPSA) is 36.5 Å². The van der Waals surface area contributed by atoms with Gasteiger partial charge in [-0.15, -0.1) is 0 Å². The Kier molecular flexibility index (Phi) is 4.23. The van der Waals surface area contributed by atoms with E-state index in [1.165, 1.54) is 16.4 Å². The van der Waals surface area contributed by atoms with Gasteiger partial charge in [0.05, 0.1) is 0 Å². The van der Waals surface area contributed by atoms with Gasteiger partial charge in [-0.1, -0.05) is 28.6 Å². The Hall–Kier alpha value is -0.940. The van der Waals surface area contributed by atoms with Crippen LogP contribution in [0.15, 0.2) is 29.4 Å². The van der Waals surface area contributed by atoms with E-state index in [0.717, 1.165) is 11.6 Å². The van der Waals surface area contributed by atoms with Gasteiger partial charge in [0, 0.05) is 6.07 Å². The standard InChI is InChI=1S/C10H10N2OS.BrH/c1-2-12-8-5-3-4-6-9(8)14-10(12)7-11-13;/h3-7H,2H2,1H3;1H. The van der Waals surface area contributed by atoms with Gasteiger partial charge >= 0.3 is 0 Å². The van der Waals surface area contributed by atoms with Gasteiger partial charge in [-0.2, -0.15) is 4.57 Å². The van der Waals surface area contributed by atoms with E-state index >= 15 is 0 Å². The molecule has 0 amide bonds. The first-order valence-electron chi connectivity index (χ1n) is 4.45. The summed E-state index contributed by atoms with van der Waals surface area (Å²) >= 11 is 1.63. The van der Waals surface area contributed by atoms with Crippen LogP contribution in [0.5, 0.6) is 0 Å². The van der Waals surface area contributed by atoms with Crippen molar-refractivity contribution in [1.29, 1.82) is 0 Å². The molecule has 0 radical (unpaired) electrons. The van der Waals surface area contributed by atoms with Gasteiger partial charge in [0.25, 0.3) is 5.01 Å². The van der Waals surface area contributed by atoms with Gasteiger partial charge in [-0.25, -0.2) is 0 Å². The van der Waals surface area contributed by atoms with Crippen LogP contribution in [0.2, 0.25) is 0 Å². The number of nitrogens with zero attached hydrogens (tertiary/aromatic N) is 2. The third kappa shape index (κ3) is 2.18. The average molecular weight is 287 g/mol. The highest BCUT2D eigenvalue weighted by Crippen LogP contribution is 2.18. The maximum Gasteiger partial charge on any atom is 0.284 e. The molecule has 1 aromatic heterocycles. The zero-order chi connectivity index (χ0) is 9.97. The Morgan fingerprint density at radius 1 is 1.47 bits per heavy atom. The van der Waals surface area contributed by atoms with Crippen LogP contribution in [-0.4, -0.2) is 11.4 Å². The number of fused-ring (bicyclic) bond motifs is 1. The summed E-state index contributed by atoms with van der Waals surface area (Å²) in [5.74, 6) is 0. The Bertz CT molecular complexity index is 481.